The smallest absolute Gasteiger partial charge is 0.227 e. The molecule has 2 aromatic carbocycles. The Kier molecular flexibility index (Phi) is 4.16. The van der Waals surface area contributed by atoms with E-state index in [0.29, 0.717) is 5.02 Å². The molecule has 0 spiro atoms. The lowest BCUT2D eigenvalue weighted by Gasteiger charge is -2.26. The van der Waals surface area contributed by atoms with E-state index in [1.165, 1.54) is 17.2 Å². The maximum Gasteiger partial charge on any atom is 0.227 e. The first-order chi connectivity index (χ1) is 10.6. The summed E-state index contributed by atoms with van der Waals surface area (Å²) in [5.74, 6) is -0.547. The second-order valence-corrected chi connectivity index (χ2v) is 6.04. The van der Waals surface area contributed by atoms with E-state index in [1.807, 2.05) is 12.1 Å². The highest BCUT2D eigenvalue weighted by Gasteiger charge is 2.28. The van der Waals surface area contributed by atoms with E-state index in [1.54, 1.807) is 24.1 Å². The van der Waals surface area contributed by atoms with Crippen LogP contribution >= 0.6 is 11.6 Å². The van der Waals surface area contributed by atoms with Crippen LogP contribution in [0.3, 0.4) is 0 Å². The number of hydrogen-bond acceptors (Lipinski definition) is 1. The SMILES string of the molecule is CN(C(=O)Cc1c(F)cccc1Cl)[C@@H]1CCc2ccccc21. The van der Waals surface area contributed by atoms with Crippen molar-refractivity contribution in [3.8, 4) is 0 Å². The van der Waals surface area contributed by atoms with Gasteiger partial charge in [-0.2, -0.15) is 0 Å². The maximum atomic E-state index is 13.8. The Bertz CT molecular complexity index is 696. The van der Waals surface area contributed by atoms with E-state index in [2.05, 4.69) is 12.1 Å². The van der Waals surface area contributed by atoms with Crippen molar-refractivity contribution in [3.05, 3.63) is 70.0 Å². The minimum absolute atomic E-state index is 0.0132. The van der Waals surface area contributed by atoms with Crippen LogP contribution in [0.5, 0.6) is 0 Å². The lowest BCUT2D eigenvalue weighted by molar-refractivity contribution is -0.131. The van der Waals surface area contributed by atoms with Crippen LogP contribution in [0, 0.1) is 5.82 Å². The number of hydrogen-bond donors (Lipinski definition) is 0. The van der Waals surface area contributed by atoms with E-state index in [9.17, 15) is 9.18 Å². The van der Waals surface area contributed by atoms with Gasteiger partial charge in [0.2, 0.25) is 5.91 Å². The van der Waals surface area contributed by atoms with Gasteiger partial charge < -0.3 is 4.90 Å². The van der Waals surface area contributed by atoms with Gasteiger partial charge in [-0.3, -0.25) is 4.79 Å². The highest BCUT2D eigenvalue weighted by molar-refractivity contribution is 6.31. The quantitative estimate of drug-likeness (QED) is 0.832. The van der Waals surface area contributed by atoms with Gasteiger partial charge in [0, 0.05) is 17.6 Å². The van der Waals surface area contributed by atoms with Crippen LogP contribution in [-0.2, 0) is 17.6 Å². The van der Waals surface area contributed by atoms with Crippen LogP contribution in [0.25, 0.3) is 0 Å². The molecule has 114 valence electrons. The Hall–Kier alpha value is -1.87. The molecule has 0 saturated heterocycles. The molecule has 2 nitrogen and oxygen atoms in total. The van der Waals surface area contributed by atoms with Crippen molar-refractivity contribution in [2.75, 3.05) is 7.05 Å². The molecule has 0 bridgehead atoms. The van der Waals surface area contributed by atoms with Crippen molar-refractivity contribution in [3.63, 3.8) is 0 Å². The summed E-state index contributed by atoms with van der Waals surface area (Å²) in [5, 5.41) is 0.300. The molecule has 3 rings (SSSR count). The van der Waals surface area contributed by atoms with E-state index in [-0.39, 0.29) is 23.9 Å². The second kappa shape index (κ2) is 6.09. The molecule has 0 heterocycles. The molecule has 1 aliphatic rings. The molecule has 0 saturated carbocycles. The number of carbonyl (C=O) groups excluding carboxylic acids is 1. The lowest BCUT2D eigenvalue weighted by atomic mass is 10.1. The summed E-state index contributed by atoms with van der Waals surface area (Å²) in [6.45, 7) is 0. The lowest BCUT2D eigenvalue weighted by Crippen LogP contribution is -2.31. The van der Waals surface area contributed by atoms with Crippen LogP contribution in [0.2, 0.25) is 5.02 Å². The molecule has 2 aromatic rings. The van der Waals surface area contributed by atoms with Crippen molar-refractivity contribution in [2.45, 2.75) is 25.3 Å². The largest absolute Gasteiger partial charge is 0.338 e. The average molecular weight is 318 g/mol. The summed E-state index contributed by atoms with van der Waals surface area (Å²) in [6, 6.07) is 12.7. The van der Waals surface area contributed by atoms with E-state index in [4.69, 9.17) is 11.6 Å². The highest BCUT2D eigenvalue weighted by atomic mass is 35.5. The summed E-state index contributed by atoms with van der Waals surface area (Å²) in [4.78, 5) is 14.2. The fraction of sp³-hybridized carbons (Fsp3) is 0.278. The number of carbonyl (C=O) groups is 1. The van der Waals surface area contributed by atoms with Gasteiger partial charge in [0.1, 0.15) is 5.82 Å². The third-order valence-electron chi connectivity index (χ3n) is 4.35. The molecule has 0 radical (unpaired) electrons. The van der Waals surface area contributed by atoms with Gasteiger partial charge >= 0.3 is 0 Å². The molecule has 0 aromatic heterocycles. The summed E-state index contributed by atoms with van der Waals surface area (Å²) in [7, 11) is 1.78. The monoisotopic (exact) mass is 317 g/mol. The Labute approximate surface area is 134 Å². The summed E-state index contributed by atoms with van der Waals surface area (Å²) in [5.41, 5.74) is 2.75. The van der Waals surface area contributed by atoms with E-state index >= 15 is 0 Å². The fourth-order valence-electron chi connectivity index (χ4n) is 3.09. The number of fused-ring (bicyclic) bond motifs is 1. The normalized spacial score (nSPS) is 16.4. The average Bonchev–Trinajstić information content (AvgIpc) is 2.94. The second-order valence-electron chi connectivity index (χ2n) is 5.63. The maximum absolute atomic E-state index is 13.8. The zero-order valence-electron chi connectivity index (χ0n) is 12.4. The molecule has 22 heavy (non-hydrogen) atoms. The molecule has 0 N–H and O–H groups in total. The zero-order chi connectivity index (χ0) is 15.7. The Morgan fingerprint density at radius 1 is 1.27 bits per heavy atom. The number of aryl methyl sites for hydroxylation is 1. The topological polar surface area (TPSA) is 20.3 Å². The number of likely N-dealkylation sites (N-methyl/N-ethyl adjacent to an activating group) is 1. The van der Waals surface area contributed by atoms with Crippen molar-refractivity contribution in [1.82, 2.24) is 4.90 Å². The first kappa shape index (κ1) is 15.0. The van der Waals surface area contributed by atoms with Gasteiger partial charge in [0.25, 0.3) is 0 Å². The van der Waals surface area contributed by atoms with Crippen molar-refractivity contribution in [2.24, 2.45) is 0 Å². The molecule has 0 unspecified atom stereocenters. The van der Waals surface area contributed by atoms with Gasteiger partial charge in [-0.1, -0.05) is 41.9 Å². The number of halogens is 2. The predicted molar refractivity (Wildman–Crippen MR) is 85.4 cm³/mol. The third-order valence-corrected chi connectivity index (χ3v) is 4.71. The Balaban J connectivity index is 1.79. The molecular formula is C18H17ClFNO. The number of amides is 1. The first-order valence-electron chi connectivity index (χ1n) is 7.34. The standard InChI is InChI=1S/C18H17ClFNO/c1-21(17-10-9-12-5-2-3-6-13(12)17)18(22)11-14-15(19)7-4-8-16(14)20/h2-8,17H,9-11H2,1H3/t17-/m1/s1. The molecule has 4 heteroatoms. The van der Waals surface area contributed by atoms with Gasteiger partial charge in [0.15, 0.2) is 0 Å². The summed E-state index contributed by atoms with van der Waals surface area (Å²) in [6.07, 6.45) is 1.87. The molecule has 0 fully saturated rings. The molecule has 1 atom stereocenters. The molecular weight excluding hydrogens is 301 g/mol. The van der Waals surface area contributed by atoms with Gasteiger partial charge in [0.05, 0.1) is 12.5 Å². The van der Waals surface area contributed by atoms with Gasteiger partial charge in [-0.25, -0.2) is 4.39 Å². The van der Waals surface area contributed by atoms with Gasteiger partial charge in [-0.15, -0.1) is 0 Å². The van der Waals surface area contributed by atoms with Crippen molar-refractivity contribution < 1.29 is 9.18 Å². The summed E-state index contributed by atoms with van der Waals surface area (Å²) < 4.78 is 13.8. The zero-order valence-corrected chi connectivity index (χ0v) is 13.1. The van der Waals surface area contributed by atoms with Crippen LogP contribution in [-0.4, -0.2) is 17.9 Å². The first-order valence-corrected chi connectivity index (χ1v) is 7.72. The number of benzene rings is 2. The van der Waals surface area contributed by atoms with Crippen LogP contribution < -0.4 is 0 Å². The molecule has 0 aliphatic heterocycles. The minimum Gasteiger partial charge on any atom is -0.338 e. The van der Waals surface area contributed by atoms with E-state index in [0.717, 1.165) is 12.8 Å². The Morgan fingerprint density at radius 3 is 2.82 bits per heavy atom. The van der Waals surface area contributed by atoms with Gasteiger partial charge in [-0.05, 0) is 36.1 Å². The molecule has 1 amide bonds. The van der Waals surface area contributed by atoms with Crippen LogP contribution in [0.1, 0.15) is 29.2 Å². The van der Waals surface area contributed by atoms with Crippen molar-refractivity contribution >= 4 is 17.5 Å². The van der Waals surface area contributed by atoms with Crippen LogP contribution in [0.15, 0.2) is 42.5 Å². The van der Waals surface area contributed by atoms with Crippen molar-refractivity contribution in [1.29, 1.82) is 0 Å². The number of nitrogens with zero attached hydrogens (tertiary/aromatic N) is 1. The molecule has 1 aliphatic carbocycles. The number of rotatable bonds is 3. The van der Waals surface area contributed by atoms with Crippen LogP contribution in [0.4, 0.5) is 4.39 Å². The third kappa shape index (κ3) is 2.73. The predicted octanol–water partition coefficient (Wildman–Crippen LogP) is 4.17. The summed E-state index contributed by atoms with van der Waals surface area (Å²) >= 11 is 6.01. The fourth-order valence-corrected chi connectivity index (χ4v) is 3.32. The minimum atomic E-state index is -0.430. The Morgan fingerprint density at radius 2 is 2.05 bits per heavy atom. The highest BCUT2D eigenvalue weighted by Crippen LogP contribution is 2.35. The van der Waals surface area contributed by atoms with E-state index < -0.39 is 5.82 Å².